The normalized spacial score (nSPS) is 36.8. The maximum Gasteiger partial charge on any atom is 0.347 e. The van der Waals surface area contributed by atoms with Crippen molar-refractivity contribution < 1.29 is 36.9 Å². The Morgan fingerprint density at radius 1 is 1.39 bits per heavy atom. The summed E-state index contributed by atoms with van der Waals surface area (Å²) in [5.74, 6) is -9.26. The van der Waals surface area contributed by atoms with Gasteiger partial charge in [0.1, 0.15) is 6.10 Å². The van der Waals surface area contributed by atoms with Crippen molar-refractivity contribution in [3.05, 3.63) is 0 Å². The predicted octanol–water partition coefficient (Wildman–Crippen LogP) is 3.27. The molecular formula is C15H22F4O4. The molecule has 2 rings (SSSR count). The van der Waals surface area contributed by atoms with Crippen molar-refractivity contribution in [3.8, 4) is 0 Å². The highest BCUT2D eigenvalue weighted by molar-refractivity contribution is 5.76. The first-order chi connectivity index (χ1) is 10.4. The number of halogens is 4. The largest absolute Gasteiger partial charge is 0.449 e. The zero-order valence-electron chi connectivity index (χ0n) is 13.4. The monoisotopic (exact) mass is 342 g/mol. The van der Waals surface area contributed by atoms with Gasteiger partial charge in [0.2, 0.25) is 5.60 Å². The van der Waals surface area contributed by atoms with Crippen LogP contribution in [0.15, 0.2) is 0 Å². The number of fused-ring (bicyclic) bond motifs is 1. The Morgan fingerprint density at radius 2 is 2.00 bits per heavy atom. The number of ether oxygens (including phenoxy) is 2. The van der Waals surface area contributed by atoms with Crippen molar-refractivity contribution in [2.45, 2.75) is 82.7 Å². The summed E-state index contributed by atoms with van der Waals surface area (Å²) in [4.78, 5) is 12.3. The molecule has 1 saturated carbocycles. The van der Waals surface area contributed by atoms with Gasteiger partial charge in [-0.2, -0.15) is 8.78 Å². The summed E-state index contributed by atoms with van der Waals surface area (Å²) < 4.78 is 65.4. The standard InChI is InChI=1S/C15H22F4O4/c1-4-12(2,3)11(20)23-13-8-6-5-7-9(13)22-14(21,10(16)17)15(13,18)19/h9-10,21H,4-8H2,1-3H3. The molecule has 1 aliphatic carbocycles. The second-order valence-corrected chi connectivity index (χ2v) is 6.94. The molecule has 0 aromatic heterocycles. The van der Waals surface area contributed by atoms with Crippen LogP contribution in [0.1, 0.15) is 52.9 Å². The van der Waals surface area contributed by atoms with E-state index in [-0.39, 0.29) is 19.3 Å². The molecule has 0 amide bonds. The first-order valence-electron chi connectivity index (χ1n) is 7.74. The molecule has 134 valence electrons. The number of aliphatic hydroxyl groups is 1. The highest BCUT2D eigenvalue weighted by Crippen LogP contribution is 2.58. The summed E-state index contributed by atoms with van der Waals surface area (Å²) in [6.07, 6.45) is -4.52. The van der Waals surface area contributed by atoms with Gasteiger partial charge < -0.3 is 14.6 Å². The Balaban J connectivity index is 2.44. The first-order valence-corrected chi connectivity index (χ1v) is 7.74. The van der Waals surface area contributed by atoms with Crippen molar-refractivity contribution in [3.63, 3.8) is 0 Å². The molecule has 3 atom stereocenters. The van der Waals surface area contributed by atoms with Gasteiger partial charge >= 0.3 is 11.9 Å². The van der Waals surface area contributed by atoms with Gasteiger partial charge in [-0.25, -0.2) is 8.78 Å². The Morgan fingerprint density at radius 3 is 2.52 bits per heavy atom. The lowest BCUT2D eigenvalue weighted by Gasteiger charge is -2.42. The Hall–Kier alpha value is -0.890. The van der Waals surface area contributed by atoms with Crippen LogP contribution >= 0.6 is 0 Å². The minimum absolute atomic E-state index is 0.0183. The average Bonchev–Trinajstić information content (AvgIpc) is 2.65. The van der Waals surface area contributed by atoms with Crippen molar-refractivity contribution in [2.24, 2.45) is 5.41 Å². The van der Waals surface area contributed by atoms with Crippen molar-refractivity contribution in [2.75, 3.05) is 0 Å². The molecule has 23 heavy (non-hydrogen) atoms. The minimum atomic E-state index is -4.40. The van der Waals surface area contributed by atoms with Crippen LogP contribution in [0.2, 0.25) is 0 Å². The summed E-state index contributed by atoms with van der Waals surface area (Å²) in [6, 6.07) is 0. The first kappa shape index (κ1) is 18.4. The second-order valence-electron chi connectivity index (χ2n) is 6.94. The van der Waals surface area contributed by atoms with E-state index in [1.165, 1.54) is 13.8 Å². The van der Waals surface area contributed by atoms with E-state index in [0.29, 0.717) is 12.8 Å². The third-order valence-electron chi connectivity index (χ3n) is 5.09. The summed E-state index contributed by atoms with van der Waals surface area (Å²) in [6.45, 7) is 4.74. The van der Waals surface area contributed by atoms with Gasteiger partial charge in [0.25, 0.3) is 12.2 Å². The van der Waals surface area contributed by atoms with E-state index < -0.39 is 41.2 Å². The van der Waals surface area contributed by atoms with Crippen molar-refractivity contribution in [1.29, 1.82) is 0 Å². The average molecular weight is 342 g/mol. The number of hydrogen-bond acceptors (Lipinski definition) is 4. The highest BCUT2D eigenvalue weighted by atomic mass is 19.3. The lowest BCUT2D eigenvalue weighted by atomic mass is 9.77. The molecule has 1 saturated heterocycles. The quantitative estimate of drug-likeness (QED) is 0.629. The molecule has 0 radical (unpaired) electrons. The molecule has 2 aliphatic rings. The number of rotatable bonds is 4. The summed E-state index contributed by atoms with van der Waals surface area (Å²) in [7, 11) is 0. The maximum atomic E-state index is 14.8. The highest BCUT2D eigenvalue weighted by Gasteiger charge is 2.82. The van der Waals surface area contributed by atoms with E-state index in [9.17, 15) is 27.5 Å². The van der Waals surface area contributed by atoms with E-state index in [1.807, 2.05) is 0 Å². The SMILES string of the molecule is CCC(C)(C)C(=O)OC12CCCCC1OC(O)(C(F)F)C2(F)F. The molecule has 1 N–H and O–H groups in total. The number of hydrogen-bond donors (Lipinski definition) is 1. The summed E-state index contributed by atoms with van der Waals surface area (Å²) in [5, 5.41) is 9.75. The van der Waals surface area contributed by atoms with Crippen LogP contribution in [0, 0.1) is 5.41 Å². The molecule has 0 aromatic rings. The van der Waals surface area contributed by atoms with E-state index in [1.54, 1.807) is 6.92 Å². The molecule has 2 fully saturated rings. The van der Waals surface area contributed by atoms with Crippen LogP contribution in [0.4, 0.5) is 17.6 Å². The van der Waals surface area contributed by atoms with Gasteiger partial charge in [-0.15, -0.1) is 0 Å². The second kappa shape index (κ2) is 5.58. The van der Waals surface area contributed by atoms with Gasteiger partial charge in [0.05, 0.1) is 5.41 Å². The zero-order valence-corrected chi connectivity index (χ0v) is 13.4. The van der Waals surface area contributed by atoms with E-state index in [2.05, 4.69) is 4.74 Å². The third kappa shape index (κ3) is 2.45. The van der Waals surface area contributed by atoms with Gasteiger partial charge in [0, 0.05) is 0 Å². The van der Waals surface area contributed by atoms with Gasteiger partial charge in [0.15, 0.2) is 0 Å². The molecule has 4 nitrogen and oxygen atoms in total. The zero-order chi connectivity index (χ0) is 17.7. The molecule has 1 heterocycles. The van der Waals surface area contributed by atoms with Crippen LogP contribution < -0.4 is 0 Å². The topological polar surface area (TPSA) is 55.8 Å². The lowest BCUT2D eigenvalue weighted by molar-refractivity contribution is -0.340. The third-order valence-corrected chi connectivity index (χ3v) is 5.09. The van der Waals surface area contributed by atoms with Crippen molar-refractivity contribution in [1.82, 2.24) is 0 Å². The van der Waals surface area contributed by atoms with Gasteiger partial charge in [-0.1, -0.05) is 13.3 Å². The smallest absolute Gasteiger partial charge is 0.347 e. The molecule has 8 heteroatoms. The predicted molar refractivity (Wildman–Crippen MR) is 72.1 cm³/mol. The number of esters is 1. The van der Waals surface area contributed by atoms with Crippen LogP contribution in [-0.2, 0) is 14.3 Å². The fourth-order valence-corrected chi connectivity index (χ4v) is 3.04. The van der Waals surface area contributed by atoms with Gasteiger partial charge in [-0.3, -0.25) is 4.79 Å². The summed E-state index contributed by atoms with van der Waals surface area (Å²) in [5.41, 5.74) is -3.60. The maximum absolute atomic E-state index is 14.8. The summed E-state index contributed by atoms with van der Waals surface area (Å²) >= 11 is 0. The molecule has 0 bridgehead atoms. The van der Waals surface area contributed by atoms with Crippen molar-refractivity contribution >= 4 is 5.97 Å². The van der Waals surface area contributed by atoms with Gasteiger partial charge in [-0.05, 0) is 39.5 Å². The van der Waals surface area contributed by atoms with Crippen LogP contribution in [0.25, 0.3) is 0 Å². The fraction of sp³-hybridized carbons (Fsp3) is 0.933. The molecule has 3 unspecified atom stereocenters. The number of alkyl halides is 4. The molecule has 0 spiro atoms. The Bertz CT molecular complexity index is 482. The lowest BCUT2D eigenvalue weighted by Crippen LogP contribution is -2.63. The van der Waals surface area contributed by atoms with Crippen LogP contribution in [0.5, 0.6) is 0 Å². The van der Waals surface area contributed by atoms with Crippen LogP contribution in [0.3, 0.4) is 0 Å². The van der Waals surface area contributed by atoms with Crippen LogP contribution in [-0.4, -0.2) is 40.9 Å². The molecule has 0 aromatic carbocycles. The number of carbonyl (C=O) groups excluding carboxylic acids is 1. The molecule has 1 aliphatic heterocycles. The Labute approximate surface area is 132 Å². The van der Waals surface area contributed by atoms with E-state index in [0.717, 1.165) is 0 Å². The Kier molecular flexibility index (Phi) is 4.48. The minimum Gasteiger partial charge on any atom is -0.449 e. The van der Waals surface area contributed by atoms with E-state index in [4.69, 9.17) is 4.74 Å². The molecular weight excluding hydrogens is 320 g/mol. The number of carbonyl (C=O) groups is 1. The van der Waals surface area contributed by atoms with E-state index >= 15 is 0 Å². The fourth-order valence-electron chi connectivity index (χ4n) is 3.04.